The number of hydrogen-bond acceptors (Lipinski definition) is 4. The van der Waals surface area contributed by atoms with Gasteiger partial charge in [-0.1, -0.05) is 65.8 Å². The molecule has 3 rings (SSSR count). The molecule has 0 bridgehead atoms. The predicted octanol–water partition coefficient (Wildman–Crippen LogP) is 3.20. The normalized spacial score (nSPS) is 11.9. The number of benzene rings is 2. The lowest BCUT2D eigenvalue weighted by Crippen LogP contribution is -2.28. The van der Waals surface area contributed by atoms with Gasteiger partial charge in [-0.25, -0.2) is 0 Å². The van der Waals surface area contributed by atoms with Crippen LogP contribution in [0.3, 0.4) is 0 Å². The number of rotatable bonds is 6. The average molecular weight is 322 g/mol. The van der Waals surface area contributed by atoms with E-state index in [0.29, 0.717) is 12.1 Å². The van der Waals surface area contributed by atoms with Crippen molar-refractivity contribution in [1.29, 1.82) is 0 Å². The van der Waals surface area contributed by atoms with Crippen molar-refractivity contribution in [3.05, 3.63) is 78.1 Å². The summed E-state index contributed by atoms with van der Waals surface area (Å²) < 4.78 is 5.17. The van der Waals surface area contributed by atoms with Crippen molar-refractivity contribution in [3.63, 3.8) is 0 Å². The Morgan fingerprint density at radius 1 is 1.08 bits per heavy atom. The van der Waals surface area contributed by atoms with Crippen LogP contribution < -0.4 is 5.32 Å². The Balaban J connectivity index is 1.75. The maximum atomic E-state index is 12.4. The molecule has 1 unspecified atom stereocenters. The van der Waals surface area contributed by atoms with Gasteiger partial charge in [0, 0.05) is 18.2 Å². The molecular weight excluding hydrogens is 304 g/mol. The molecule has 5 nitrogen and oxygen atoms in total. The van der Waals surface area contributed by atoms with Crippen LogP contribution in [0.4, 0.5) is 0 Å². The third-order valence-electron chi connectivity index (χ3n) is 3.73. The van der Waals surface area contributed by atoms with E-state index >= 15 is 0 Å². The molecule has 0 fully saturated rings. The van der Waals surface area contributed by atoms with Crippen LogP contribution in [0, 0.1) is 0 Å². The SMILES string of the molecule is O=C(NC(CCO)c1ccccc1)c1cc(-c2ccccc2)no1. The van der Waals surface area contributed by atoms with Gasteiger partial charge < -0.3 is 14.9 Å². The minimum absolute atomic E-state index is 0.0223. The zero-order chi connectivity index (χ0) is 16.8. The van der Waals surface area contributed by atoms with Gasteiger partial charge in [-0.3, -0.25) is 4.79 Å². The molecule has 2 N–H and O–H groups in total. The van der Waals surface area contributed by atoms with E-state index in [9.17, 15) is 9.90 Å². The summed E-state index contributed by atoms with van der Waals surface area (Å²) in [5, 5.41) is 16.1. The summed E-state index contributed by atoms with van der Waals surface area (Å²) >= 11 is 0. The molecule has 24 heavy (non-hydrogen) atoms. The first kappa shape index (κ1) is 16.0. The molecule has 0 saturated carbocycles. The zero-order valence-electron chi connectivity index (χ0n) is 13.1. The van der Waals surface area contributed by atoms with Gasteiger partial charge in [0.2, 0.25) is 5.76 Å². The molecule has 3 aromatic rings. The lowest BCUT2D eigenvalue weighted by molar-refractivity contribution is 0.0892. The molecule has 1 atom stereocenters. The molecule has 0 aliphatic carbocycles. The van der Waals surface area contributed by atoms with Crippen LogP contribution in [0.15, 0.2) is 71.3 Å². The van der Waals surface area contributed by atoms with Gasteiger partial charge in [0.05, 0.1) is 6.04 Å². The Labute approximate surface area is 139 Å². The van der Waals surface area contributed by atoms with E-state index in [-0.39, 0.29) is 24.3 Å². The smallest absolute Gasteiger partial charge is 0.290 e. The lowest BCUT2D eigenvalue weighted by atomic mass is 10.0. The van der Waals surface area contributed by atoms with Crippen LogP contribution in [0.25, 0.3) is 11.3 Å². The number of nitrogens with one attached hydrogen (secondary N) is 1. The Morgan fingerprint density at radius 2 is 1.75 bits per heavy atom. The molecule has 5 heteroatoms. The second-order valence-corrected chi connectivity index (χ2v) is 5.39. The fourth-order valence-corrected chi connectivity index (χ4v) is 2.49. The fraction of sp³-hybridized carbons (Fsp3) is 0.158. The highest BCUT2D eigenvalue weighted by atomic mass is 16.5. The molecule has 2 aromatic carbocycles. The van der Waals surface area contributed by atoms with E-state index in [1.807, 2.05) is 60.7 Å². The highest BCUT2D eigenvalue weighted by Crippen LogP contribution is 2.20. The number of hydrogen-bond donors (Lipinski definition) is 2. The van der Waals surface area contributed by atoms with Gasteiger partial charge in [0.15, 0.2) is 0 Å². The monoisotopic (exact) mass is 322 g/mol. The van der Waals surface area contributed by atoms with Crippen LogP contribution in [0.5, 0.6) is 0 Å². The van der Waals surface area contributed by atoms with Gasteiger partial charge in [0.1, 0.15) is 5.69 Å². The highest BCUT2D eigenvalue weighted by Gasteiger charge is 2.19. The molecule has 0 aliphatic rings. The van der Waals surface area contributed by atoms with Crippen LogP contribution in [-0.4, -0.2) is 22.8 Å². The number of aromatic nitrogens is 1. The maximum Gasteiger partial charge on any atom is 0.290 e. The Kier molecular flexibility index (Phi) is 5.03. The summed E-state index contributed by atoms with van der Waals surface area (Å²) in [5.41, 5.74) is 2.43. The summed E-state index contributed by atoms with van der Waals surface area (Å²) in [4.78, 5) is 12.4. The van der Waals surface area contributed by atoms with Crippen molar-refractivity contribution < 1.29 is 14.4 Å². The van der Waals surface area contributed by atoms with Gasteiger partial charge in [-0.2, -0.15) is 0 Å². The molecule has 122 valence electrons. The summed E-state index contributed by atoms with van der Waals surface area (Å²) in [6.07, 6.45) is 0.426. The van der Waals surface area contributed by atoms with Crippen molar-refractivity contribution in [2.45, 2.75) is 12.5 Å². The Morgan fingerprint density at radius 3 is 2.42 bits per heavy atom. The second-order valence-electron chi connectivity index (χ2n) is 5.39. The number of carbonyl (C=O) groups excluding carboxylic acids is 1. The minimum Gasteiger partial charge on any atom is -0.396 e. The first-order chi connectivity index (χ1) is 11.8. The number of amides is 1. The Hall–Kier alpha value is -2.92. The van der Waals surface area contributed by atoms with E-state index in [0.717, 1.165) is 11.1 Å². The van der Waals surface area contributed by atoms with Crippen molar-refractivity contribution in [2.24, 2.45) is 0 Å². The minimum atomic E-state index is -0.355. The quantitative estimate of drug-likeness (QED) is 0.731. The average Bonchev–Trinajstić information content (AvgIpc) is 3.13. The number of carbonyl (C=O) groups is 1. The molecule has 0 aliphatic heterocycles. The van der Waals surface area contributed by atoms with Gasteiger partial charge >= 0.3 is 0 Å². The molecule has 0 saturated heterocycles. The lowest BCUT2D eigenvalue weighted by Gasteiger charge is -2.17. The molecular formula is C19H18N2O3. The first-order valence-corrected chi connectivity index (χ1v) is 7.76. The Bertz CT molecular complexity index is 785. The molecule has 1 aromatic heterocycles. The topological polar surface area (TPSA) is 75.4 Å². The first-order valence-electron chi connectivity index (χ1n) is 7.76. The number of aliphatic hydroxyl groups excluding tert-OH is 1. The van der Waals surface area contributed by atoms with Crippen molar-refractivity contribution in [2.75, 3.05) is 6.61 Å². The number of nitrogens with zero attached hydrogens (tertiary/aromatic N) is 1. The molecule has 0 spiro atoms. The summed E-state index contributed by atoms with van der Waals surface area (Å²) in [5.74, 6) is -0.209. The van der Waals surface area contributed by atoms with Crippen LogP contribution in [0.2, 0.25) is 0 Å². The van der Waals surface area contributed by atoms with Crippen molar-refractivity contribution in [1.82, 2.24) is 10.5 Å². The largest absolute Gasteiger partial charge is 0.396 e. The van der Waals surface area contributed by atoms with E-state index in [1.54, 1.807) is 6.07 Å². The predicted molar refractivity (Wildman–Crippen MR) is 90.3 cm³/mol. The summed E-state index contributed by atoms with van der Waals surface area (Å²) in [6.45, 7) is -0.0223. The molecule has 1 amide bonds. The van der Waals surface area contributed by atoms with Gasteiger partial charge in [-0.15, -0.1) is 0 Å². The maximum absolute atomic E-state index is 12.4. The van der Waals surface area contributed by atoms with Gasteiger partial charge in [-0.05, 0) is 12.0 Å². The fourth-order valence-electron chi connectivity index (χ4n) is 2.49. The zero-order valence-corrected chi connectivity index (χ0v) is 13.1. The molecule has 0 radical (unpaired) electrons. The van der Waals surface area contributed by atoms with E-state index in [2.05, 4.69) is 10.5 Å². The van der Waals surface area contributed by atoms with Crippen LogP contribution >= 0.6 is 0 Å². The third kappa shape index (κ3) is 3.70. The van der Waals surface area contributed by atoms with Gasteiger partial charge in [0.25, 0.3) is 5.91 Å². The highest BCUT2D eigenvalue weighted by molar-refractivity contribution is 5.92. The van der Waals surface area contributed by atoms with Crippen LogP contribution in [0.1, 0.15) is 28.6 Å². The number of aliphatic hydroxyl groups is 1. The van der Waals surface area contributed by atoms with E-state index < -0.39 is 0 Å². The van der Waals surface area contributed by atoms with Crippen LogP contribution in [-0.2, 0) is 0 Å². The second kappa shape index (κ2) is 7.57. The summed E-state index contributed by atoms with van der Waals surface area (Å²) in [7, 11) is 0. The third-order valence-corrected chi connectivity index (χ3v) is 3.73. The van der Waals surface area contributed by atoms with Crippen molar-refractivity contribution in [3.8, 4) is 11.3 Å². The van der Waals surface area contributed by atoms with E-state index in [1.165, 1.54) is 0 Å². The van der Waals surface area contributed by atoms with E-state index in [4.69, 9.17) is 4.52 Å². The van der Waals surface area contributed by atoms with Crippen molar-refractivity contribution >= 4 is 5.91 Å². The standard InChI is InChI=1S/C19H18N2O3/c22-12-11-16(14-7-3-1-4-8-14)20-19(23)18-13-17(21-24-18)15-9-5-2-6-10-15/h1-10,13,16,22H,11-12H2,(H,20,23). The summed E-state index contributed by atoms with van der Waals surface area (Å²) in [6, 6.07) is 20.4. The molecule has 1 heterocycles.